The smallest absolute Gasteiger partial charge is 0.410 e. The minimum absolute atomic E-state index is 0.203. The number of hydrogen-bond donors (Lipinski definition) is 0. The fourth-order valence-corrected chi connectivity index (χ4v) is 2.16. The molecule has 0 N–H and O–H groups in total. The summed E-state index contributed by atoms with van der Waals surface area (Å²) in [7, 11) is 2.92. The van der Waals surface area contributed by atoms with E-state index >= 15 is 0 Å². The third kappa shape index (κ3) is 2.99. The maximum absolute atomic E-state index is 12.1. The van der Waals surface area contributed by atoms with Crippen LogP contribution in [0.1, 0.15) is 17.4 Å². The predicted molar refractivity (Wildman–Crippen MR) is 78.1 cm³/mol. The van der Waals surface area contributed by atoms with Crippen LogP contribution in [-0.4, -0.2) is 42.3 Å². The Kier molecular flexibility index (Phi) is 4.47. The average molecular weight is 290 g/mol. The number of benzene rings is 1. The average Bonchev–Trinajstić information content (AvgIpc) is 2.85. The van der Waals surface area contributed by atoms with Gasteiger partial charge >= 0.3 is 12.1 Å². The highest BCUT2D eigenvalue weighted by Gasteiger charge is 2.19. The minimum Gasteiger partial charge on any atom is -0.461 e. The molecule has 112 valence electrons. The van der Waals surface area contributed by atoms with Crippen molar-refractivity contribution in [2.45, 2.75) is 13.6 Å². The van der Waals surface area contributed by atoms with Crippen LogP contribution in [0.25, 0.3) is 10.9 Å². The summed E-state index contributed by atoms with van der Waals surface area (Å²) in [5.41, 5.74) is 1.27. The number of para-hydroxylation sites is 1. The highest BCUT2D eigenvalue weighted by molar-refractivity contribution is 5.95. The fraction of sp³-hybridized carbons (Fsp3) is 0.333. The van der Waals surface area contributed by atoms with Crippen LogP contribution in [0.3, 0.4) is 0 Å². The molecule has 0 unspecified atom stereocenters. The van der Waals surface area contributed by atoms with E-state index in [1.165, 1.54) is 12.0 Å². The Labute approximate surface area is 122 Å². The van der Waals surface area contributed by atoms with Gasteiger partial charge in [0.1, 0.15) is 12.4 Å². The molecule has 0 aliphatic rings. The number of hydrogen-bond acceptors (Lipinski definition) is 4. The number of esters is 1. The molecule has 1 amide bonds. The first-order chi connectivity index (χ1) is 10.1. The van der Waals surface area contributed by atoms with Gasteiger partial charge in [0.05, 0.1) is 19.2 Å². The lowest BCUT2D eigenvalue weighted by atomic mass is 10.2. The number of aromatic nitrogens is 1. The summed E-state index contributed by atoms with van der Waals surface area (Å²) in [4.78, 5) is 25.0. The van der Waals surface area contributed by atoms with Gasteiger partial charge in [-0.1, -0.05) is 18.2 Å². The molecule has 0 atom stereocenters. The lowest BCUT2D eigenvalue weighted by molar-refractivity contribution is 0.0508. The summed E-state index contributed by atoms with van der Waals surface area (Å²) in [6, 6.07) is 9.34. The third-order valence-electron chi connectivity index (χ3n) is 3.13. The van der Waals surface area contributed by atoms with Crippen LogP contribution in [0.4, 0.5) is 4.79 Å². The van der Waals surface area contributed by atoms with Crippen molar-refractivity contribution in [2.24, 2.45) is 0 Å². The molecule has 0 radical (unpaired) electrons. The maximum Gasteiger partial charge on any atom is 0.410 e. The van der Waals surface area contributed by atoms with Crippen molar-refractivity contribution < 1.29 is 19.1 Å². The normalized spacial score (nSPS) is 10.4. The van der Waals surface area contributed by atoms with Crippen LogP contribution in [0.15, 0.2) is 30.3 Å². The molecule has 1 heterocycles. The van der Waals surface area contributed by atoms with Gasteiger partial charge in [-0.05, 0) is 19.1 Å². The lowest BCUT2D eigenvalue weighted by Gasteiger charge is -2.18. The molecule has 6 heteroatoms. The van der Waals surface area contributed by atoms with E-state index in [-0.39, 0.29) is 6.67 Å². The summed E-state index contributed by atoms with van der Waals surface area (Å²) in [5.74, 6) is -0.410. The van der Waals surface area contributed by atoms with E-state index in [9.17, 15) is 9.59 Å². The second kappa shape index (κ2) is 6.30. The first-order valence-electron chi connectivity index (χ1n) is 6.63. The van der Waals surface area contributed by atoms with Gasteiger partial charge in [0.2, 0.25) is 0 Å². The van der Waals surface area contributed by atoms with Gasteiger partial charge in [-0.3, -0.25) is 4.90 Å². The topological polar surface area (TPSA) is 60.8 Å². The van der Waals surface area contributed by atoms with Gasteiger partial charge in [0.25, 0.3) is 0 Å². The summed E-state index contributed by atoms with van der Waals surface area (Å²) < 4.78 is 11.5. The van der Waals surface area contributed by atoms with Gasteiger partial charge < -0.3 is 14.0 Å². The molecule has 0 saturated carbocycles. The van der Waals surface area contributed by atoms with Crippen molar-refractivity contribution in [2.75, 3.05) is 20.8 Å². The molecule has 0 bridgehead atoms. The third-order valence-corrected chi connectivity index (χ3v) is 3.13. The molecule has 1 aromatic heterocycles. The Bertz CT molecular complexity index is 663. The van der Waals surface area contributed by atoms with Gasteiger partial charge in [-0.25, -0.2) is 9.59 Å². The van der Waals surface area contributed by atoms with Crippen LogP contribution in [0.5, 0.6) is 0 Å². The number of ether oxygens (including phenoxy) is 2. The number of methoxy groups -OCH3 is 1. The van der Waals surface area contributed by atoms with E-state index in [0.29, 0.717) is 12.3 Å². The van der Waals surface area contributed by atoms with Crippen molar-refractivity contribution in [1.82, 2.24) is 9.47 Å². The van der Waals surface area contributed by atoms with Crippen LogP contribution >= 0.6 is 0 Å². The zero-order valence-electron chi connectivity index (χ0n) is 12.3. The Morgan fingerprint density at radius 2 is 2.00 bits per heavy atom. The summed E-state index contributed by atoms with van der Waals surface area (Å²) in [6.07, 6.45) is -0.470. The quantitative estimate of drug-likeness (QED) is 0.812. The monoisotopic (exact) mass is 290 g/mol. The fourth-order valence-electron chi connectivity index (χ4n) is 2.16. The molecule has 0 fully saturated rings. The molecular weight excluding hydrogens is 272 g/mol. The van der Waals surface area contributed by atoms with E-state index < -0.39 is 12.1 Å². The van der Waals surface area contributed by atoms with E-state index in [1.54, 1.807) is 24.6 Å². The highest BCUT2D eigenvalue weighted by atomic mass is 16.5. The van der Waals surface area contributed by atoms with Crippen LogP contribution < -0.4 is 0 Å². The first-order valence-corrected chi connectivity index (χ1v) is 6.63. The van der Waals surface area contributed by atoms with Gasteiger partial charge in [-0.15, -0.1) is 0 Å². The summed E-state index contributed by atoms with van der Waals surface area (Å²) >= 11 is 0. The van der Waals surface area contributed by atoms with Crippen molar-refractivity contribution in [3.05, 3.63) is 36.0 Å². The maximum atomic E-state index is 12.1. The largest absolute Gasteiger partial charge is 0.461 e. The van der Waals surface area contributed by atoms with Gasteiger partial charge in [0.15, 0.2) is 0 Å². The zero-order chi connectivity index (χ0) is 15.4. The molecule has 0 spiro atoms. The molecule has 0 aliphatic heterocycles. The van der Waals surface area contributed by atoms with E-state index in [1.807, 2.05) is 24.3 Å². The van der Waals surface area contributed by atoms with E-state index in [4.69, 9.17) is 4.74 Å². The Morgan fingerprint density at radius 1 is 1.29 bits per heavy atom. The van der Waals surface area contributed by atoms with Gasteiger partial charge in [-0.2, -0.15) is 0 Å². The van der Waals surface area contributed by atoms with Crippen LogP contribution in [0.2, 0.25) is 0 Å². The molecular formula is C15H18N2O4. The SMILES string of the molecule is CCOC(=O)c1cc2ccccc2n1CN(C)C(=O)OC. The Hall–Kier alpha value is -2.50. The number of carbonyl (C=O) groups excluding carboxylic acids is 2. The first kappa shape index (κ1) is 14.9. The van der Waals surface area contributed by atoms with Crippen molar-refractivity contribution in [3.63, 3.8) is 0 Å². The predicted octanol–water partition coefficient (Wildman–Crippen LogP) is 2.47. The lowest BCUT2D eigenvalue weighted by Crippen LogP contribution is -2.30. The molecule has 21 heavy (non-hydrogen) atoms. The van der Waals surface area contributed by atoms with E-state index in [2.05, 4.69) is 4.74 Å². The molecule has 2 rings (SSSR count). The number of carbonyl (C=O) groups is 2. The molecule has 1 aromatic carbocycles. The zero-order valence-corrected chi connectivity index (χ0v) is 12.3. The van der Waals surface area contributed by atoms with Crippen molar-refractivity contribution in [3.8, 4) is 0 Å². The van der Waals surface area contributed by atoms with Crippen molar-refractivity contribution >= 4 is 23.0 Å². The summed E-state index contributed by atoms with van der Waals surface area (Å²) in [5, 5.41) is 0.916. The standard InChI is InChI=1S/C15H18N2O4/c1-4-21-14(18)13-9-11-7-5-6-8-12(11)17(13)10-16(2)15(19)20-3/h5-9H,4,10H2,1-3H3. The molecule has 0 aliphatic carbocycles. The number of fused-ring (bicyclic) bond motifs is 1. The number of amides is 1. The second-order valence-electron chi connectivity index (χ2n) is 4.55. The van der Waals surface area contributed by atoms with Crippen LogP contribution in [0, 0.1) is 0 Å². The molecule has 0 saturated heterocycles. The number of rotatable bonds is 4. The molecule has 6 nitrogen and oxygen atoms in total. The van der Waals surface area contributed by atoms with Gasteiger partial charge in [0, 0.05) is 12.4 Å². The molecule has 2 aromatic rings. The minimum atomic E-state index is -0.470. The number of nitrogens with zero attached hydrogens (tertiary/aromatic N) is 2. The highest BCUT2D eigenvalue weighted by Crippen LogP contribution is 2.21. The summed E-state index contributed by atoms with van der Waals surface area (Å²) in [6.45, 7) is 2.26. The van der Waals surface area contributed by atoms with Crippen LogP contribution in [-0.2, 0) is 16.1 Å². The Morgan fingerprint density at radius 3 is 2.67 bits per heavy atom. The van der Waals surface area contributed by atoms with E-state index in [0.717, 1.165) is 10.9 Å². The second-order valence-corrected chi connectivity index (χ2v) is 4.55. The van der Waals surface area contributed by atoms with Crippen molar-refractivity contribution in [1.29, 1.82) is 0 Å². The Balaban J connectivity index is 2.45.